The Morgan fingerprint density at radius 1 is 1.30 bits per heavy atom. The standard InChI is InChI=1S/C13H19NO6/c1-6-10(5-17-8(3)15)20-13-11(14-7(2)18-13)12(6)19-9(4)16/h6,10-13H,5H2,1-4H3/t6-,10+,11+,12-,13-/m0/s1. The molecule has 0 aromatic heterocycles. The second-order valence-electron chi connectivity index (χ2n) is 5.04. The summed E-state index contributed by atoms with van der Waals surface area (Å²) in [6.45, 7) is 6.38. The summed E-state index contributed by atoms with van der Waals surface area (Å²) in [6.07, 6.45) is -1.45. The number of hydrogen-bond donors (Lipinski definition) is 0. The van der Waals surface area contributed by atoms with Gasteiger partial charge in [0.05, 0.1) is 0 Å². The van der Waals surface area contributed by atoms with Crippen LogP contribution < -0.4 is 0 Å². The number of aliphatic imine (C=N–C) groups is 1. The maximum atomic E-state index is 11.3. The van der Waals surface area contributed by atoms with Gasteiger partial charge in [0.1, 0.15) is 18.8 Å². The third-order valence-electron chi connectivity index (χ3n) is 3.40. The van der Waals surface area contributed by atoms with Gasteiger partial charge >= 0.3 is 11.9 Å². The largest absolute Gasteiger partial charge is 0.463 e. The summed E-state index contributed by atoms with van der Waals surface area (Å²) >= 11 is 0. The molecule has 0 aromatic rings. The van der Waals surface area contributed by atoms with Crippen LogP contribution in [-0.2, 0) is 28.5 Å². The topological polar surface area (TPSA) is 83.4 Å². The molecule has 1 saturated heterocycles. The van der Waals surface area contributed by atoms with Crippen molar-refractivity contribution >= 4 is 17.8 Å². The van der Waals surface area contributed by atoms with E-state index in [1.165, 1.54) is 13.8 Å². The highest BCUT2D eigenvalue weighted by molar-refractivity contribution is 5.75. The van der Waals surface area contributed by atoms with Crippen LogP contribution in [0, 0.1) is 5.92 Å². The van der Waals surface area contributed by atoms with Gasteiger partial charge in [0.15, 0.2) is 11.9 Å². The summed E-state index contributed by atoms with van der Waals surface area (Å²) in [5.41, 5.74) is 0. The minimum Gasteiger partial charge on any atom is -0.463 e. The lowest BCUT2D eigenvalue weighted by molar-refractivity contribution is -0.224. The van der Waals surface area contributed by atoms with Gasteiger partial charge in [-0.15, -0.1) is 0 Å². The van der Waals surface area contributed by atoms with E-state index in [1.54, 1.807) is 6.92 Å². The zero-order chi connectivity index (χ0) is 14.9. The Morgan fingerprint density at radius 3 is 2.60 bits per heavy atom. The number of rotatable bonds is 3. The fourth-order valence-corrected chi connectivity index (χ4v) is 2.45. The normalized spacial score (nSPS) is 35.6. The molecule has 112 valence electrons. The lowest BCUT2D eigenvalue weighted by Gasteiger charge is -2.40. The molecule has 0 saturated carbocycles. The lowest BCUT2D eigenvalue weighted by Crippen LogP contribution is -2.54. The minimum atomic E-state index is -0.601. The average molecular weight is 285 g/mol. The third-order valence-corrected chi connectivity index (χ3v) is 3.40. The Morgan fingerprint density at radius 2 is 2.00 bits per heavy atom. The third kappa shape index (κ3) is 3.09. The number of nitrogens with zero attached hydrogens (tertiary/aromatic N) is 1. The number of carbonyl (C=O) groups excluding carboxylic acids is 2. The molecule has 0 radical (unpaired) electrons. The first-order valence-electron chi connectivity index (χ1n) is 6.55. The summed E-state index contributed by atoms with van der Waals surface area (Å²) in [7, 11) is 0. The van der Waals surface area contributed by atoms with Crippen molar-refractivity contribution in [3.05, 3.63) is 0 Å². The van der Waals surface area contributed by atoms with Crippen LogP contribution in [0.3, 0.4) is 0 Å². The summed E-state index contributed by atoms with van der Waals surface area (Å²) in [6, 6.07) is -0.373. The number of carbonyl (C=O) groups is 2. The molecule has 0 aliphatic carbocycles. The van der Waals surface area contributed by atoms with E-state index in [9.17, 15) is 9.59 Å². The summed E-state index contributed by atoms with van der Waals surface area (Å²) in [4.78, 5) is 26.5. The molecule has 0 spiro atoms. The van der Waals surface area contributed by atoms with Gasteiger partial charge < -0.3 is 18.9 Å². The molecule has 20 heavy (non-hydrogen) atoms. The highest BCUT2D eigenvalue weighted by Gasteiger charge is 2.49. The van der Waals surface area contributed by atoms with Gasteiger partial charge in [-0.3, -0.25) is 9.59 Å². The van der Waals surface area contributed by atoms with Crippen LogP contribution in [0.5, 0.6) is 0 Å². The molecule has 0 unspecified atom stereocenters. The van der Waals surface area contributed by atoms with Crippen LogP contribution >= 0.6 is 0 Å². The second kappa shape index (κ2) is 5.78. The highest BCUT2D eigenvalue weighted by Crippen LogP contribution is 2.34. The zero-order valence-electron chi connectivity index (χ0n) is 12.0. The first kappa shape index (κ1) is 14.8. The van der Waals surface area contributed by atoms with Gasteiger partial charge in [0.2, 0.25) is 6.29 Å². The SMILES string of the molecule is CC(=O)OC[C@H]1O[C@@H]2OC(C)=N[C@@H]2[C@@H](OC(C)=O)[C@H]1C. The summed E-state index contributed by atoms with van der Waals surface area (Å²) < 4.78 is 21.5. The fraction of sp³-hybridized carbons (Fsp3) is 0.769. The Bertz CT molecular complexity index is 435. The molecule has 0 bridgehead atoms. The molecular weight excluding hydrogens is 266 g/mol. The van der Waals surface area contributed by atoms with Crippen LogP contribution in [0.15, 0.2) is 4.99 Å². The smallest absolute Gasteiger partial charge is 0.302 e. The van der Waals surface area contributed by atoms with Gasteiger partial charge in [-0.2, -0.15) is 0 Å². The molecule has 5 atom stereocenters. The Balaban J connectivity index is 2.12. The van der Waals surface area contributed by atoms with Crippen molar-refractivity contribution < 1.29 is 28.5 Å². The van der Waals surface area contributed by atoms with Crippen molar-refractivity contribution in [1.29, 1.82) is 0 Å². The lowest BCUT2D eigenvalue weighted by atomic mass is 9.89. The van der Waals surface area contributed by atoms with Crippen molar-refractivity contribution in [3.63, 3.8) is 0 Å². The molecule has 2 heterocycles. The maximum Gasteiger partial charge on any atom is 0.302 e. The van der Waals surface area contributed by atoms with E-state index >= 15 is 0 Å². The average Bonchev–Trinajstić information content (AvgIpc) is 2.70. The fourth-order valence-electron chi connectivity index (χ4n) is 2.45. The van der Waals surface area contributed by atoms with Crippen molar-refractivity contribution in [2.75, 3.05) is 6.61 Å². The van der Waals surface area contributed by atoms with Crippen LogP contribution in [0.4, 0.5) is 0 Å². The molecule has 2 rings (SSSR count). The second-order valence-corrected chi connectivity index (χ2v) is 5.04. The van der Waals surface area contributed by atoms with E-state index < -0.39 is 18.5 Å². The van der Waals surface area contributed by atoms with E-state index in [-0.39, 0.29) is 30.5 Å². The molecule has 0 N–H and O–H groups in total. The Kier molecular flexibility index (Phi) is 4.27. The highest BCUT2D eigenvalue weighted by atomic mass is 16.7. The van der Waals surface area contributed by atoms with E-state index in [0.717, 1.165) is 0 Å². The van der Waals surface area contributed by atoms with Gasteiger partial charge in [0, 0.05) is 26.7 Å². The van der Waals surface area contributed by atoms with Crippen LogP contribution in [-0.4, -0.2) is 49.0 Å². The van der Waals surface area contributed by atoms with Crippen molar-refractivity contribution in [1.82, 2.24) is 0 Å². The molecule has 0 amide bonds. The Labute approximate surface area is 117 Å². The van der Waals surface area contributed by atoms with Crippen LogP contribution in [0.2, 0.25) is 0 Å². The molecule has 2 aliphatic heterocycles. The number of esters is 2. The number of hydrogen-bond acceptors (Lipinski definition) is 7. The maximum absolute atomic E-state index is 11.3. The first-order chi connectivity index (χ1) is 9.38. The van der Waals surface area contributed by atoms with Gasteiger partial charge in [-0.05, 0) is 0 Å². The minimum absolute atomic E-state index is 0.0971. The van der Waals surface area contributed by atoms with Gasteiger partial charge in [-0.1, -0.05) is 6.92 Å². The zero-order valence-corrected chi connectivity index (χ0v) is 12.0. The summed E-state index contributed by atoms with van der Waals surface area (Å²) in [5, 5.41) is 0. The van der Waals surface area contributed by atoms with Gasteiger partial charge in [0.25, 0.3) is 0 Å². The van der Waals surface area contributed by atoms with Gasteiger partial charge in [-0.25, -0.2) is 4.99 Å². The van der Waals surface area contributed by atoms with Crippen LogP contribution in [0.25, 0.3) is 0 Å². The molecule has 1 fully saturated rings. The predicted octanol–water partition coefficient (Wildman–Crippen LogP) is 0.659. The molecular formula is C13H19NO6. The molecule has 0 aromatic carbocycles. The van der Waals surface area contributed by atoms with Crippen LogP contribution in [0.1, 0.15) is 27.7 Å². The van der Waals surface area contributed by atoms with E-state index in [0.29, 0.717) is 5.90 Å². The quantitative estimate of drug-likeness (QED) is 0.708. The predicted molar refractivity (Wildman–Crippen MR) is 68.0 cm³/mol. The number of ether oxygens (including phenoxy) is 4. The molecule has 7 heteroatoms. The van der Waals surface area contributed by atoms with Crippen molar-refractivity contribution in [3.8, 4) is 0 Å². The monoisotopic (exact) mass is 285 g/mol. The number of fused-ring (bicyclic) bond motifs is 1. The van der Waals surface area contributed by atoms with E-state index in [2.05, 4.69) is 4.99 Å². The van der Waals surface area contributed by atoms with E-state index in [1.807, 2.05) is 6.92 Å². The molecule has 2 aliphatic rings. The molecule has 7 nitrogen and oxygen atoms in total. The Hall–Kier alpha value is -1.63. The van der Waals surface area contributed by atoms with Crippen molar-refractivity contribution in [2.24, 2.45) is 10.9 Å². The van der Waals surface area contributed by atoms with E-state index in [4.69, 9.17) is 18.9 Å². The van der Waals surface area contributed by atoms with Crippen molar-refractivity contribution in [2.45, 2.75) is 52.2 Å². The first-order valence-corrected chi connectivity index (χ1v) is 6.55. The summed E-state index contributed by atoms with van der Waals surface area (Å²) in [5.74, 6) is -0.421.